The summed E-state index contributed by atoms with van der Waals surface area (Å²) in [7, 11) is 6.01. The lowest BCUT2D eigenvalue weighted by molar-refractivity contribution is 0.457. The van der Waals surface area contributed by atoms with E-state index in [1.165, 1.54) is 11.8 Å². The second-order valence-corrected chi connectivity index (χ2v) is 9.88. The maximum atomic E-state index is 9.65. The summed E-state index contributed by atoms with van der Waals surface area (Å²) in [5.74, 6) is 0. The summed E-state index contributed by atoms with van der Waals surface area (Å²) in [5.41, 5.74) is 2.90. The van der Waals surface area contributed by atoms with Crippen molar-refractivity contribution < 1.29 is 0 Å². The minimum Gasteiger partial charge on any atom is -0.353 e. The number of aromatic nitrogens is 3. The Balaban J connectivity index is 1.63. The second kappa shape index (κ2) is 9.76. The lowest BCUT2D eigenvalue weighted by Crippen LogP contribution is -2.10. The topological polar surface area (TPSA) is 69.8 Å². The molecule has 0 aliphatic carbocycles. The predicted octanol–water partition coefficient (Wildman–Crippen LogP) is 6.02. The Morgan fingerprint density at radius 1 is 1.31 bits per heavy atom. The fourth-order valence-electron chi connectivity index (χ4n) is 3.02. The van der Waals surface area contributed by atoms with E-state index in [2.05, 4.69) is 38.4 Å². The first kappa shape index (κ1) is 22.4. The van der Waals surface area contributed by atoms with E-state index in [0.717, 1.165) is 43.1 Å². The minimum atomic E-state index is 0.491. The van der Waals surface area contributed by atoms with E-state index in [-0.39, 0.29) is 0 Å². The maximum absolute atomic E-state index is 9.65. The summed E-state index contributed by atoms with van der Waals surface area (Å²) in [4.78, 5) is 12.9. The van der Waals surface area contributed by atoms with E-state index in [0.29, 0.717) is 10.6 Å². The first-order chi connectivity index (χ1) is 15.4. The summed E-state index contributed by atoms with van der Waals surface area (Å²) >= 11 is 9.67. The molecule has 3 aromatic heterocycles. The summed E-state index contributed by atoms with van der Waals surface area (Å²) in [5, 5.41) is 14.5. The number of rotatable bonds is 7. The molecule has 0 radical (unpaired) electrons. The number of hydrogen-bond acceptors (Lipinski definition) is 7. The maximum Gasteiger partial charge on any atom is 0.172 e. The Morgan fingerprint density at radius 3 is 2.84 bits per heavy atom. The smallest absolute Gasteiger partial charge is 0.172 e. The highest BCUT2D eigenvalue weighted by Crippen LogP contribution is 2.38. The van der Waals surface area contributed by atoms with Gasteiger partial charge in [0.2, 0.25) is 0 Å². The molecule has 3 heterocycles. The Hall–Kier alpha value is -2.83. The van der Waals surface area contributed by atoms with Crippen molar-refractivity contribution in [2.24, 2.45) is 7.05 Å². The average Bonchev–Trinajstić information content (AvgIpc) is 3.36. The molecule has 0 amide bonds. The molecular formula is C23H21ClN6S2. The number of nitrogens with zero attached hydrogens (tertiary/aromatic N) is 5. The van der Waals surface area contributed by atoms with Crippen molar-refractivity contribution in [3.63, 3.8) is 0 Å². The number of halogens is 1. The van der Waals surface area contributed by atoms with Gasteiger partial charge >= 0.3 is 0 Å². The van der Waals surface area contributed by atoms with Gasteiger partial charge in [-0.25, -0.2) is 4.98 Å². The molecule has 9 heteroatoms. The highest BCUT2D eigenvalue weighted by atomic mass is 35.5. The van der Waals surface area contributed by atoms with Crippen molar-refractivity contribution in [3.8, 4) is 6.07 Å². The van der Waals surface area contributed by atoms with Crippen LogP contribution in [0.3, 0.4) is 0 Å². The molecule has 0 spiro atoms. The zero-order chi connectivity index (χ0) is 22.7. The largest absolute Gasteiger partial charge is 0.353 e. The highest BCUT2D eigenvalue weighted by molar-refractivity contribution is 7.99. The molecule has 0 saturated carbocycles. The van der Waals surface area contributed by atoms with Gasteiger partial charge in [0.1, 0.15) is 6.07 Å². The fraction of sp³-hybridized carbons (Fsp3) is 0.174. The van der Waals surface area contributed by atoms with Crippen LogP contribution in [0.5, 0.6) is 0 Å². The van der Waals surface area contributed by atoms with Crippen molar-refractivity contribution in [1.29, 1.82) is 5.26 Å². The van der Waals surface area contributed by atoms with Crippen LogP contribution in [0.4, 0.5) is 11.4 Å². The molecule has 0 saturated heterocycles. The van der Waals surface area contributed by atoms with Gasteiger partial charge in [-0.2, -0.15) is 5.26 Å². The Labute approximate surface area is 200 Å². The van der Waals surface area contributed by atoms with Gasteiger partial charge in [-0.15, -0.1) is 11.3 Å². The van der Waals surface area contributed by atoms with E-state index in [9.17, 15) is 5.26 Å². The van der Waals surface area contributed by atoms with Crippen molar-refractivity contribution in [1.82, 2.24) is 19.4 Å². The van der Waals surface area contributed by atoms with Gasteiger partial charge in [0.05, 0.1) is 26.5 Å². The van der Waals surface area contributed by atoms with E-state index >= 15 is 0 Å². The number of benzene rings is 1. The molecule has 0 unspecified atom stereocenters. The van der Waals surface area contributed by atoms with Crippen LogP contribution >= 0.6 is 34.7 Å². The zero-order valence-electron chi connectivity index (χ0n) is 17.8. The number of imidazole rings is 1. The molecule has 0 aliphatic rings. The van der Waals surface area contributed by atoms with Crippen molar-refractivity contribution >= 4 is 62.4 Å². The number of aryl methyl sites for hydroxylation is 1. The lowest BCUT2D eigenvalue weighted by atomic mass is 10.2. The molecule has 0 bridgehead atoms. The number of likely N-dealkylation sites (N-methyl/N-ethyl adjacent to an activating group) is 1. The molecule has 1 aromatic carbocycles. The number of anilines is 2. The van der Waals surface area contributed by atoms with Crippen LogP contribution in [-0.4, -0.2) is 40.1 Å². The van der Waals surface area contributed by atoms with Gasteiger partial charge in [0.25, 0.3) is 0 Å². The van der Waals surface area contributed by atoms with Gasteiger partial charge in [-0.3, -0.25) is 4.98 Å². The minimum absolute atomic E-state index is 0.491. The standard InChI is InChI=1S/C23H21ClN6S2/c1-29(2)9-4-5-17-12-19-22(31-17)21(15(13-25)14-27-19)28-16-6-7-20(18(24)11-16)32-23-26-8-10-30(23)3/h4-8,10-12,14H,9H2,1-3H3,(H,27,28)/b5-4+. The first-order valence-electron chi connectivity index (χ1n) is 9.80. The molecule has 6 nitrogen and oxygen atoms in total. The number of hydrogen-bond donors (Lipinski definition) is 1. The number of fused-ring (bicyclic) bond motifs is 1. The summed E-state index contributed by atoms with van der Waals surface area (Å²) in [6.07, 6.45) is 9.46. The quantitative estimate of drug-likeness (QED) is 0.348. The predicted molar refractivity (Wildman–Crippen MR) is 134 cm³/mol. The van der Waals surface area contributed by atoms with Gasteiger partial charge in [0.15, 0.2) is 5.16 Å². The van der Waals surface area contributed by atoms with Gasteiger partial charge in [-0.05, 0) is 44.4 Å². The first-order valence-corrected chi connectivity index (χ1v) is 11.8. The second-order valence-electron chi connectivity index (χ2n) is 7.38. The molecule has 1 N–H and O–H groups in total. The molecular weight excluding hydrogens is 460 g/mol. The van der Waals surface area contributed by atoms with E-state index in [4.69, 9.17) is 11.6 Å². The lowest BCUT2D eigenvalue weighted by Gasteiger charge is -2.11. The van der Waals surface area contributed by atoms with E-state index in [1.807, 2.05) is 56.2 Å². The highest BCUT2D eigenvalue weighted by Gasteiger charge is 2.14. The molecule has 0 fully saturated rings. The van der Waals surface area contributed by atoms with Crippen LogP contribution in [0.1, 0.15) is 10.4 Å². The number of pyridine rings is 1. The van der Waals surface area contributed by atoms with Crippen LogP contribution < -0.4 is 5.32 Å². The fourth-order valence-corrected chi connectivity index (χ4v) is 5.17. The van der Waals surface area contributed by atoms with Crippen molar-refractivity contribution in [3.05, 3.63) is 64.4 Å². The average molecular weight is 481 g/mol. The van der Waals surface area contributed by atoms with Gasteiger partial charge in [0, 0.05) is 47.6 Å². The van der Waals surface area contributed by atoms with Crippen LogP contribution in [0, 0.1) is 11.3 Å². The zero-order valence-corrected chi connectivity index (χ0v) is 20.2. The van der Waals surface area contributed by atoms with Crippen LogP contribution in [-0.2, 0) is 7.05 Å². The summed E-state index contributed by atoms with van der Waals surface area (Å²) in [6.45, 7) is 0.858. The SMILES string of the molecule is CN(C)C/C=C/c1cc2ncc(C#N)c(Nc3ccc(Sc4nccn4C)c(Cl)c3)c2s1. The monoisotopic (exact) mass is 480 g/mol. The van der Waals surface area contributed by atoms with Crippen molar-refractivity contribution in [2.45, 2.75) is 10.1 Å². The molecule has 162 valence electrons. The Kier molecular flexibility index (Phi) is 6.82. The van der Waals surface area contributed by atoms with E-state index in [1.54, 1.807) is 23.7 Å². The molecule has 4 aromatic rings. The number of thiophene rings is 1. The number of nitriles is 1. The number of nitrogens with one attached hydrogen (secondary N) is 1. The third kappa shape index (κ3) is 4.97. The van der Waals surface area contributed by atoms with Crippen LogP contribution in [0.2, 0.25) is 5.02 Å². The Bertz CT molecular complexity index is 1330. The molecule has 0 atom stereocenters. The van der Waals surface area contributed by atoms with Gasteiger partial charge in [-0.1, -0.05) is 29.4 Å². The van der Waals surface area contributed by atoms with E-state index < -0.39 is 0 Å². The summed E-state index contributed by atoms with van der Waals surface area (Å²) in [6, 6.07) is 10.1. The molecule has 4 rings (SSSR count). The summed E-state index contributed by atoms with van der Waals surface area (Å²) < 4.78 is 2.89. The van der Waals surface area contributed by atoms with Gasteiger partial charge < -0.3 is 14.8 Å². The van der Waals surface area contributed by atoms with Crippen LogP contribution in [0.25, 0.3) is 16.3 Å². The van der Waals surface area contributed by atoms with Crippen molar-refractivity contribution in [2.75, 3.05) is 26.0 Å². The van der Waals surface area contributed by atoms with Crippen LogP contribution in [0.15, 0.2) is 59.0 Å². The molecule has 0 aliphatic heterocycles. The normalized spacial score (nSPS) is 11.5. The third-order valence-corrected chi connectivity index (χ3v) is 7.30. The molecule has 32 heavy (non-hydrogen) atoms. The Morgan fingerprint density at radius 2 is 2.16 bits per heavy atom. The third-order valence-electron chi connectivity index (χ3n) is 4.61.